The molecule has 0 unspecified atom stereocenters. The first-order valence-corrected chi connectivity index (χ1v) is 7.62. The summed E-state index contributed by atoms with van der Waals surface area (Å²) in [5.74, 6) is 1.24. The number of nitrogens with zero attached hydrogens (tertiary/aromatic N) is 1. The summed E-state index contributed by atoms with van der Waals surface area (Å²) in [4.78, 5) is 13.0. The van der Waals surface area contributed by atoms with Gasteiger partial charge in [0, 0.05) is 30.6 Å². The van der Waals surface area contributed by atoms with Crippen molar-refractivity contribution in [3.63, 3.8) is 0 Å². The fraction of sp³-hybridized carbons (Fsp3) is 0.150. The van der Waals surface area contributed by atoms with E-state index in [0.717, 1.165) is 11.1 Å². The normalized spacial score (nSPS) is 10.5. The first kappa shape index (κ1) is 15.9. The second-order valence-electron chi connectivity index (χ2n) is 5.52. The molecule has 0 atom stereocenters. The molecule has 122 valence electrons. The molecule has 0 aliphatic rings. The first-order chi connectivity index (χ1) is 11.6. The number of aryl methyl sites for hydroxylation is 1. The molecule has 0 amide bonds. The van der Waals surface area contributed by atoms with Crippen molar-refractivity contribution in [3.8, 4) is 33.8 Å². The maximum absolute atomic E-state index is 13.0. The minimum absolute atomic E-state index is 0.00785. The molecule has 0 aliphatic carbocycles. The van der Waals surface area contributed by atoms with E-state index in [4.69, 9.17) is 9.47 Å². The molecule has 24 heavy (non-hydrogen) atoms. The van der Waals surface area contributed by atoms with E-state index in [1.165, 1.54) is 0 Å². The van der Waals surface area contributed by atoms with Crippen LogP contribution in [0.5, 0.6) is 11.5 Å². The summed E-state index contributed by atoms with van der Waals surface area (Å²) in [6.45, 7) is 0. The zero-order chi connectivity index (χ0) is 17.1. The summed E-state index contributed by atoms with van der Waals surface area (Å²) in [6.07, 6.45) is 3.68. The Morgan fingerprint density at radius 1 is 0.792 bits per heavy atom. The van der Waals surface area contributed by atoms with Gasteiger partial charge in [0.15, 0.2) is 16.9 Å². The summed E-state index contributed by atoms with van der Waals surface area (Å²) in [7, 11) is 5.09. The zero-order valence-electron chi connectivity index (χ0n) is 13.9. The molecule has 1 aromatic heterocycles. The lowest BCUT2D eigenvalue weighted by molar-refractivity contribution is 0.355. The molecule has 0 saturated carbocycles. The Hall–Kier alpha value is -3.01. The van der Waals surface area contributed by atoms with Crippen LogP contribution in [0.1, 0.15) is 0 Å². The zero-order valence-corrected chi connectivity index (χ0v) is 13.9. The van der Waals surface area contributed by atoms with E-state index in [2.05, 4.69) is 0 Å². The summed E-state index contributed by atoms with van der Waals surface area (Å²) >= 11 is 0. The highest BCUT2D eigenvalue weighted by Crippen LogP contribution is 2.31. The Kier molecular flexibility index (Phi) is 4.38. The van der Waals surface area contributed by atoms with Crippen LogP contribution in [0.4, 0.5) is 0 Å². The third kappa shape index (κ3) is 2.91. The Morgan fingerprint density at radius 2 is 1.42 bits per heavy atom. The van der Waals surface area contributed by atoms with Crippen LogP contribution in [0.25, 0.3) is 22.3 Å². The maximum atomic E-state index is 13.0. The van der Waals surface area contributed by atoms with Crippen molar-refractivity contribution in [1.29, 1.82) is 0 Å². The monoisotopic (exact) mass is 321 g/mol. The van der Waals surface area contributed by atoms with Gasteiger partial charge < -0.3 is 14.0 Å². The minimum atomic E-state index is -0.00785. The number of pyridine rings is 1. The van der Waals surface area contributed by atoms with Crippen LogP contribution in [0.3, 0.4) is 0 Å². The lowest BCUT2D eigenvalue weighted by Crippen LogP contribution is -2.11. The van der Waals surface area contributed by atoms with Gasteiger partial charge in [0.25, 0.3) is 0 Å². The molecule has 0 N–H and O–H groups in total. The van der Waals surface area contributed by atoms with Crippen molar-refractivity contribution in [1.82, 2.24) is 4.57 Å². The van der Waals surface area contributed by atoms with Gasteiger partial charge in [0.1, 0.15) is 0 Å². The van der Waals surface area contributed by atoms with Crippen LogP contribution in [0.15, 0.2) is 65.7 Å². The Balaban J connectivity index is 2.19. The number of rotatable bonds is 4. The molecule has 0 aliphatic heterocycles. The van der Waals surface area contributed by atoms with Gasteiger partial charge >= 0.3 is 0 Å². The second kappa shape index (κ2) is 6.62. The number of methoxy groups -OCH3 is 2. The first-order valence-electron chi connectivity index (χ1n) is 7.62. The van der Waals surface area contributed by atoms with Crippen LogP contribution < -0.4 is 14.9 Å². The Morgan fingerprint density at radius 3 is 2.04 bits per heavy atom. The van der Waals surface area contributed by atoms with Gasteiger partial charge in [0.2, 0.25) is 0 Å². The largest absolute Gasteiger partial charge is 0.493 e. The number of hydrogen-bond acceptors (Lipinski definition) is 3. The molecular formula is C20H19NO3. The van der Waals surface area contributed by atoms with Gasteiger partial charge in [-0.3, -0.25) is 4.79 Å². The fourth-order valence-electron chi connectivity index (χ4n) is 2.74. The molecule has 2 aromatic carbocycles. The SMILES string of the molecule is COc1ccc(-c2cn(C)cc(-c3ccccc3)c2=O)cc1OC. The molecule has 0 fully saturated rings. The van der Waals surface area contributed by atoms with E-state index in [0.29, 0.717) is 22.6 Å². The van der Waals surface area contributed by atoms with E-state index < -0.39 is 0 Å². The van der Waals surface area contributed by atoms with E-state index in [1.54, 1.807) is 14.2 Å². The molecule has 3 rings (SSSR count). The average molecular weight is 321 g/mol. The molecule has 1 heterocycles. The van der Waals surface area contributed by atoms with Gasteiger partial charge in [-0.2, -0.15) is 0 Å². The molecule has 0 radical (unpaired) electrons. The smallest absolute Gasteiger partial charge is 0.197 e. The number of ether oxygens (including phenoxy) is 2. The minimum Gasteiger partial charge on any atom is -0.493 e. The van der Waals surface area contributed by atoms with Gasteiger partial charge in [-0.15, -0.1) is 0 Å². The standard InChI is InChI=1S/C20H19NO3/c1-21-12-16(14-7-5-4-6-8-14)20(22)17(13-21)15-9-10-18(23-2)19(11-15)24-3/h4-13H,1-3H3. The van der Waals surface area contributed by atoms with Gasteiger partial charge in [-0.05, 0) is 23.3 Å². The highest BCUT2D eigenvalue weighted by molar-refractivity contribution is 5.73. The van der Waals surface area contributed by atoms with Crippen LogP contribution in [0.2, 0.25) is 0 Å². The van der Waals surface area contributed by atoms with Crippen molar-refractivity contribution in [2.24, 2.45) is 7.05 Å². The lowest BCUT2D eigenvalue weighted by atomic mass is 10.0. The Labute approximate surface area is 140 Å². The predicted octanol–water partition coefficient (Wildman–Crippen LogP) is 3.74. The van der Waals surface area contributed by atoms with E-state index >= 15 is 0 Å². The van der Waals surface area contributed by atoms with Crippen LogP contribution in [0, 0.1) is 0 Å². The van der Waals surface area contributed by atoms with Crippen molar-refractivity contribution in [3.05, 3.63) is 71.1 Å². The van der Waals surface area contributed by atoms with Crippen LogP contribution in [-0.2, 0) is 7.05 Å². The van der Waals surface area contributed by atoms with Crippen molar-refractivity contribution in [2.45, 2.75) is 0 Å². The molecule has 4 nitrogen and oxygen atoms in total. The molecule has 0 saturated heterocycles. The van der Waals surface area contributed by atoms with Crippen molar-refractivity contribution < 1.29 is 9.47 Å². The van der Waals surface area contributed by atoms with Crippen LogP contribution in [-0.4, -0.2) is 18.8 Å². The summed E-state index contributed by atoms with van der Waals surface area (Å²) in [6, 6.07) is 15.2. The second-order valence-corrected chi connectivity index (χ2v) is 5.52. The summed E-state index contributed by atoms with van der Waals surface area (Å²) in [5.41, 5.74) is 2.99. The van der Waals surface area contributed by atoms with Crippen molar-refractivity contribution in [2.75, 3.05) is 14.2 Å². The van der Waals surface area contributed by atoms with E-state index in [1.807, 2.05) is 72.5 Å². The molecule has 0 bridgehead atoms. The maximum Gasteiger partial charge on any atom is 0.197 e. The third-order valence-corrected chi connectivity index (χ3v) is 3.93. The fourth-order valence-corrected chi connectivity index (χ4v) is 2.74. The number of hydrogen-bond donors (Lipinski definition) is 0. The van der Waals surface area contributed by atoms with E-state index in [9.17, 15) is 4.79 Å². The topological polar surface area (TPSA) is 40.5 Å². The average Bonchev–Trinajstić information content (AvgIpc) is 2.63. The predicted molar refractivity (Wildman–Crippen MR) is 95.7 cm³/mol. The highest BCUT2D eigenvalue weighted by Gasteiger charge is 2.13. The molecule has 3 aromatic rings. The lowest BCUT2D eigenvalue weighted by Gasteiger charge is -2.12. The van der Waals surface area contributed by atoms with Crippen molar-refractivity contribution >= 4 is 0 Å². The number of aromatic nitrogens is 1. The molecule has 4 heteroatoms. The summed E-state index contributed by atoms with van der Waals surface area (Å²) < 4.78 is 12.5. The summed E-state index contributed by atoms with van der Waals surface area (Å²) in [5, 5.41) is 0. The quantitative estimate of drug-likeness (QED) is 0.735. The van der Waals surface area contributed by atoms with Gasteiger partial charge in [-0.25, -0.2) is 0 Å². The Bertz CT molecular complexity index is 914. The van der Waals surface area contributed by atoms with E-state index in [-0.39, 0.29) is 5.43 Å². The van der Waals surface area contributed by atoms with Gasteiger partial charge in [0.05, 0.1) is 14.2 Å². The molecular weight excluding hydrogens is 302 g/mol. The number of benzene rings is 2. The van der Waals surface area contributed by atoms with Crippen LogP contribution >= 0.6 is 0 Å². The van der Waals surface area contributed by atoms with Gasteiger partial charge in [-0.1, -0.05) is 36.4 Å². The highest BCUT2D eigenvalue weighted by atomic mass is 16.5. The third-order valence-electron chi connectivity index (χ3n) is 3.93. The molecule has 0 spiro atoms.